The second-order valence-corrected chi connectivity index (χ2v) is 6.57. The first-order valence-electron chi connectivity index (χ1n) is 7.36. The molecular weight excluding hydrogens is 325 g/mol. The first kappa shape index (κ1) is 16.4. The largest absolute Gasteiger partial charge is 0.416 e. The number of ether oxygens (including phenoxy) is 1. The standard InChI is InChI=1S/C16H17F3N2OS/c17-16(18,19)12-3-1-11(2-4-12)13-9-23-14(21-13)15(10-20)5-7-22-8-6-15/h1-4,9H,5-8,10,20H2. The zero-order chi connectivity index (χ0) is 16.5. The third-order valence-corrected chi connectivity index (χ3v) is 5.40. The topological polar surface area (TPSA) is 48.1 Å². The Hall–Kier alpha value is -1.44. The number of hydrogen-bond donors (Lipinski definition) is 1. The molecule has 0 aliphatic carbocycles. The lowest BCUT2D eigenvalue weighted by Gasteiger charge is -2.34. The van der Waals surface area contributed by atoms with Crippen molar-refractivity contribution in [1.29, 1.82) is 0 Å². The van der Waals surface area contributed by atoms with E-state index < -0.39 is 11.7 Å². The summed E-state index contributed by atoms with van der Waals surface area (Å²) in [5.41, 5.74) is 6.52. The highest BCUT2D eigenvalue weighted by molar-refractivity contribution is 7.10. The van der Waals surface area contributed by atoms with Crippen molar-refractivity contribution in [2.45, 2.75) is 24.4 Å². The molecule has 0 bridgehead atoms. The van der Waals surface area contributed by atoms with Gasteiger partial charge in [-0.25, -0.2) is 4.98 Å². The molecule has 1 aliphatic heterocycles. The number of nitrogens with zero attached hydrogens (tertiary/aromatic N) is 1. The van der Waals surface area contributed by atoms with Gasteiger partial charge in [-0.1, -0.05) is 12.1 Å². The normalized spacial score (nSPS) is 18.1. The molecular formula is C16H17F3N2OS. The predicted octanol–water partition coefficient (Wildman–Crippen LogP) is 3.84. The summed E-state index contributed by atoms with van der Waals surface area (Å²) in [6.07, 6.45) is -2.68. The fourth-order valence-electron chi connectivity index (χ4n) is 2.75. The summed E-state index contributed by atoms with van der Waals surface area (Å²) in [6, 6.07) is 5.09. The van der Waals surface area contributed by atoms with Crippen molar-refractivity contribution in [3.8, 4) is 11.3 Å². The highest BCUT2D eigenvalue weighted by atomic mass is 32.1. The molecule has 23 heavy (non-hydrogen) atoms. The fourth-order valence-corrected chi connectivity index (χ4v) is 3.85. The molecule has 1 aromatic carbocycles. The maximum Gasteiger partial charge on any atom is 0.416 e. The molecule has 0 amide bonds. The van der Waals surface area contributed by atoms with E-state index in [1.165, 1.54) is 23.5 Å². The Labute approximate surface area is 136 Å². The van der Waals surface area contributed by atoms with Gasteiger partial charge in [-0.2, -0.15) is 13.2 Å². The van der Waals surface area contributed by atoms with E-state index in [0.29, 0.717) is 31.0 Å². The summed E-state index contributed by atoms with van der Waals surface area (Å²) in [7, 11) is 0. The van der Waals surface area contributed by atoms with Crippen LogP contribution in [0.25, 0.3) is 11.3 Å². The van der Waals surface area contributed by atoms with Gasteiger partial charge in [0.2, 0.25) is 0 Å². The van der Waals surface area contributed by atoms with Crippen molar-refractivity contribution in [1.82, 2.24) is 4.98 Å². The number of aromatic nitrogens is 1. The molecule has 1 saturated heterocycles. The molecule has 2 aromatic rings. The van der Waals surface area contributed by atoms with E-state index in [9.17, 15) is 13.2 Å². The van der Waals surface area contributed by atoms with Crippen molar-refractivity contribution >= 4 is 11.3 Å². The van der Waals surface area contributed by atoms with Crippen LogP contribution in [0.2, 0.25) is 0 Å². The molecule has 2 N–H and O–H groups in total. The van der Waals surface area contributed by atoms with Gasteiger partial charge < -0.3 is 10.5 Å². The lowest BCUT2D eigenvalue weighted by atomic mass is 9.81. The van der Waals surface area contributed by atoms with Gasteiger partial charge in [-0.15, -0.1) is 11.3 Å². The van der Waals surface area contributed by atoms with Gasteiger partial charge in [-0.05, 0) is 25.0 Å². The Morgan fingerprint density at radius 1 is 1.17 bits per heavy atom. The summed E-state index contributed by atoms with van der Waals surface area (Å²) < 4.78 is 43.3. The van der Waals surface area contributed by atoms with E-state index in [1.807, 2.05) is 5.38 Å². The van der Waals surface area contributed by atoms with E-state index in [4.69, 9.17) is 10.5 Å². The van der Waals surface area contributed by atoms with Crippen LogP contribution in [-0.4, -0.2) is 24.7 Å². The smallest absolute Gasteiger partial charge is 0.381 e. The van der Waals surface area contributed by atoms with Gasteiger partial charge in [0, 0.05) is 36.1 Å². The number of thiazole rings is 1. The summed E-state index contributed by atoms with van der Waals surface area (Å²) in [6.45, 7) is 1.81. The average Bonchev–Trinajstić information content (AvgIpc) is 3.05. The maximum atomic E-state index is 12.6. The number of hydrogen-bond acceptors (Lipinski definition) is 4. The minimum Gasteiger partial charge on any atom is -0.381 e. The number of halogens is 3. The van der Waals surface area contributed by atoms with Gasteiger partial charge in [0.15, 0.2) is 0 Å². The fraction of sp³-hybridized carbons (Fsp3) is 0.438. The van der Waals surface area contributed by atoms with Crippen LogP contribution in [0, 0.1) is 0 Å². The van der Waals surface area contributed by atoms with Crippen LogP contribution in [-0.2, 0) is 16.3 Å². The van der Waals surface area contributed by atoms with Crippen LogP contribution in [0.3, 0.4) is 0 Å². The molecule has 0 spiro atoms. The van der Waals surface area contributed by atoms with Crippen LogP contribution in [0.4, 0.5) is 13.2 Å². The van der Waals surface area contributed by atoms with Crippen molar-refractivity contribution < 1.29 is 17.9 Å². The summed E-state index contributed by atoms with van der Waals surface area (Å²) in [5, 5.41) is 2.82. The predicted molar refractivity (Wildman–Crippen MR) is 83.3 cm³/mol. The SMILES string of the molecule is NCC1(c2nc(-c3ccc(C(F)(F)F)cc3)cs2)CCOCC1. The molecule has 0 unspecified atom stereocenters. The van der Waals surface area contributed by atoms with E-state index in [1.54, 1.807) is 0 Å². The van der Waals surface area contributed by atoms with Crippen LogP contribution < -0.4 is 5.73 Å². The van der Waals surface area contributed by atoms with Crippen LogP contribution in [0.5, 0.6) is 0 Å². The Morgan fingerprint density at radius 2 is 1.83 bits per heavy atom. The lowest BCUT2D eigenvalue weighted by molar-refractivity contribution is -0.137. The number of benzene rings is 1. The Balaban J connectivity index is 1.87. The molecule has 1 aliphatic rings. The molecule has 1 fully saturated rings. The van der Waals surface area contributed by atoms with E-state index in [0.717, 1.165) is 30.0 Å². The summed E-state index contributed by atoms with van der Waals surface area (Å²) in [4.78, 5) is 4.64. The Bertz CT molecular complexity index is 661. The van der Waals surface area contributed by atoms with Gasteiger partial charge in [0.05, 0.1) is 11.3 Å². The van der Waals surface area contributed by atoms with Crippen LogP contribution >= 0.6 is 11.3 Å². The molecule has 124 valence electrons. The van der Waals surface area contributed by atoms with E-state index in [-0.39, 0.29) is 5.41 Å². The highest BCUT2D eigenvalue weighted by Gasteiger charge is 2.36. The third kappa shape index (κ3) is 3.27. The molecule has 0 saturated carbocycles. The number of alkyl halides is 3. The molecule has 0 atom stereocenters. The molecule has 3 rings (SSSR count). The highest BCUT2D eigenvalue weighted by Crippen LogP contribution is 2.38. The second-order valence-electron chi connectivity index (χ2n) is 5.71. The minimum absolute atomic E-state index is 0.174. The average molecular weight is 342 g/mol. The molecule has 1 aromatic heterocycles. The number of rotatable bonds is 3. The van der Waals surface area contributed by atoms with E-state index in [2.05, 4.69) is 4.98 Å². The zero-order valence-corrected chi connectivity index (χ0v) is 13.2. The zero-order valence-electron chi connectivity index (χ0n) is 12.4. The first-order valence-corrected chi connectivity index (χ1v) is 8.24. The molecule has 2 heterocycles. The van der Waals surface area contributed by atoms with Crippen molar-refractivity contribution in [3.05, 3.63) is 40.2 Å². The molecule has 3 nitrogen and oxygen atoms in total. The minimum atomic E-state index is -4.32. The summed E-state index contributed by atoms with van der Waals surface area (Å²) >= 11 is 1.52. The molecule has 7 heteroatoms. The molecule has 0 radical (unpaired) electrons. The monoisotopic (exact) mass is 342 g/mol. The Morgan fingerprint density at radius 3 is 2.39 bits per heavy atom. The van der Waals surface area contributed by atoms with Gasteiger partial charge in [-0.3, -0.25) is 0 Å². The van der Waals surface area contributed by atoms with E-state index >= 15 is 0 Å². The first-order chi connectivity index (χ1) is 10.9. The van der Waals surface area contributed by atoms with Crippen LogP contribution in [0.1, 0.15) is 23.4 Å². The maximum absolute atomic E-state index is 12.6. The van der Waals surface area contributed by atoms with Crippen molar-refractivity contribution in [3.63, 3.8) is 0 Å². The van der Waals surface area contributed by atoms with Gasteiger partial charge >= 0.3 is 6.18 Å². The Kier molecular flexibility index (Phi) is 4.44. The van der Waals surface area contributed by atoms with Crippen molar-refractivity contribution in [2.24, 2.45) is 5.73 Å². The summed E-state index contributed by atoms with van der Waals surface area (Å²) in [5.74, 6) is 0. The van der Waals surface area contributed by atoms with Crippen LogP contribution in [0.15, 0.2) is 29.6 Å². The third-order valence-electron chi connectivity index (χ3n) is 4.31. The lowest BCUT2D eigenvalue weighted by Crippen LogP contribution is -2.40. The quantitative estimate of drug-likeness (QED) is 0.922. The van der Waals surface area contributed by atoms with Crippen molar-refractivity contribution in [2.75, 3.05) is 19.8 Å². The van der Waals surface area contributed by atoms with Gasteiger partial charge in [0.1, 0.15) is 5.01 Å². The number of nitrogens with two attached hydrogens (primary N) is 1. The van der Waals surface area contributed by atoms with Gasteiger partial charge in [0.25, 0.3) is 0 Å². The second kappa shape index (κ2) is 6.22.